The van der Waals surface area contributed by atoms with E-state index in [9.17, 15) is 23.7 Å². The van der Waals surface area contributed by atoms with E-state index in [1.165, 1.54) is 54.2 Å². The third-order valence-electron chi connectivity index (χ3n) is 3.94. The molecule has 29 heavy (non-hydrogen) atoms. The lowest BCUT2D eigenvalue weighted by Gasteiger charge is -2.04. The first-order chi connectivity index (χ1) is 13.9. The number of nitrogens with zero attached hydrogens (tertiary/aromatic N) is 3. The van der Waals surface area contributed by atoms with Crippen molar-refractivity contribution >= 4 is 39.2 Å². The van der Waals surface area contributed by atoms with Gasteiger partial charge in [0, 0.05) is 37.9 Å². The smallest absolute Gasteiger partial charge is 0.272 e. The van der Waals surface area contributed by atoms with Crippen LogP contribution in [-0.4, -0.2) is 29.1 Å². The van der Waals surface area contributed by atoms with Crippen LogP contribution < -0.4 is 4.80 Å². The second kappa shape index (κ2) is 8.84. The average Bonchev–Trinajstić information content (AvgIpc) is 3.01. The molecular formula is C19H15F2N3O4S. The fourth-order valence-corrected chi connectivity index (χ4v) is 3.71. The Morgan fingerprint density at radius 2 is 2.03 bits per heavy atom. The largest absolute Gasteiger partial charge is 0.383 e. The number of carbonyl (C=O) groups is 1. The number of amides is 1. The van der Waals surface area contributed by atoms with Gasteiger partial charge in [0.05, 0.1) is 21.7 Å². The summed E-state index contributed by atoms with van der Waals surface area (Å²) in [5.41, 5.74) is 0.673. The van der Waals surface area contributed by atoms with Gasteiger partial charge in [-0.1, -0.05) is 11.3 Å². The van der Waals surface area contributed by atoms with Crippen LogP contribution in [0, 0.1) is 21.7 Å². The Kier molecular flexibility index (Phi) is 6.25. The van der Waals surface area contributed by atoms with Crippen LogP contribution >= 0.6 is 11.3 Å². The fraction of sp³-hybridized carbons (Fsp3) is 0.158. The number of non-ortho nitro benzene ring substituents is 1. The molecule has 1 aromatic heterocycles. The van der Waals surface area contributed by atoms with Gasteiger partial charge in [0.25, 0.3) is 11.6 Å². The number of fused-ring (bicyclic) bond motifs is 1. The summed E-state index contributed by atoms with van der Waals surface area (Å²) in [5.74, 6) is -2.07. The van der Waals surface area contributed by atoms with Gasteiger partial charge in [0.15, 0.2) is 10.6 Å². The molecule has 0 aliphatic carbocycles. The van der Waals surface area contributed by atoms with Gasteiger partial charge in [-0.25, -0.2) is 8.78 Å². The molecule has 0 bridgehead atoms. The number of carbonyl (C=O) groups excluding carboxylic acids is 1. The summed E-state index contributed by atoms with van der Waals surface area (Å²) < 4.78 is 34.6. The van der Waals surface area contributed by atoms with E-state index < -0.39 is 22.5 Å². The van der Waals surface area contributed by atoms with Gasteiger partial charge >= 0.3 is 0 Å². The van der Waals surface area contributed by atoms with Crippen LogP contribution in [0.15, 0.2) is 47.5 Å². The zero-order valence-corrected chi connectivity index (χ0v) is 16.0. The number of rotatable bonds is 6. The van der Waals surface area contributed by atoms with Crippen molar-refractivity contribution < 1.29 is 23.2 Å². The number of ether oxygens (including phenoxy) is 1. The van der Waals surface area contributed by atoms with Crippen LogP contribution in [0.25, 0.3) is 16.3 Å². The minimum absolute atomic E-state index is 0.0584. The average molecular weight is 419 g/mol. The minimum atomic E-state index is -0.748. The van der Waals surface area contributed by atoms with Crippen molar-refractivity contribution in [1.29, 1.82) is 0 Å². The van der Waals surface area contributed by atoms with E-state index in [-0.39, 0.29) is 29.2 Å². The first kappa shape index (κ1) is 20.5. The van der Waals surface area contributed by atoms with E-state index in [0.29, 0.717) is 10.3 Å². The number of aromatic nitrogens is 1. The highest BCUT2D eigenvalue weighted by Crippen LogP contribution is 2.22. The summed E-state index contributed by atoms with van der Waals surface area (Å²) in [6, 6.07) is 7.60. The third-order valence-corrected chi connectivity index (χ3v) is 4.97. The summed E-state index contributed by atoms with van der Waals surface area (Å²) in [6.45, 7) is 0.486. The number of methoxy groups -OCH3 is 1. The number of benzene rings is 2. The lowest BCUT2D eigenvalue weighted by Crippen LogP contribution is -2.19. The molecule has 3 rings (SSSR count). The molecule has 1 heterocycles. The molecule has 0 aliphatic rings. The van der Waals surface area contributed by atoms with Crippen LogP contribution in [0.5, 0.6) is 0 Å². The van der Waals surface area contributed by atoms with Crippen molar-refractivity contribution in [2.75, 3.05) is 13.7 Å². The van der Waals surface area contributed by atoms with Gasteiger partial charge < -0.3 is 9.30 Å². The number of thiazole rings is 1. The van der Waals surface area contributed by atoms with E-state index in [1.807, 2.05) is 0 Å². The molecule has 1 amide bonds. The monoisotopic (exact) mass is 419 g/mol. The number of nitro groups is 1. The quantitative estimate of drug-likeness (QED) is 0.347. The number of nitro benzene ring substituents is 1. The molecule has 0 radical (unpaired) electrons. The molecule has 150 valence electrons. The molecule has 2 aromatic carbocycles. The first-order valence-electron chi connectivity index (χ1n) is 8.37. The van der Waals surface area contributed by atoms with Crippen molar-refractivity contribution in [3.05, 3.63) is 74.6 Å². The molecule has 7 nitrogen and oxygen atoms in total. The maximum absolute atomic E-state index is 14.3. The van der Waals surface area contributed by atoms with Gasteiger partial charge in [-0.2, -0.15) is 4.99 Å². The fourth-order valence-electron chi connectivity index (χ4n) is 2.61. The molecule has 0 spiro atoms. The zero-order chi connectivity index (χ0) is 21.0. The van der Waals surface area contributed by atoms with Crippen LogP contribution in [0.2, 0.25) is 0 Å². The topological polar surface area (TPSA) is 86.7 Å². The Labute approximate surface area is 167 Å². The van der Waals surface area contributed by atoms with Gasteiger partial charge in [-0.3, -0.25) is 14.9 Å². The highest BCUT2D eigenvalue weighted by atomic mass is 32.1. The molecule has 0 saturated carbocycles. The van der Waals surface area contributed by atoms with Crippen LogP contribution in [0.3, 0.4) is 0 Å². The lowest BCUT2D eigenvalue weighted by atomic mass is 10.2. The third kappa shape index (κ3) is 4.79. The Morgan fingerprint density at radius 1 is 1.31 bits per heavy atom. The summed E-state index contributed by atoms with van der Waals surface area (Å²) in [6.07, 6.45) is 2.66. The molecule has 0 fully saturated rings. The maximum atomic E-state index is 14.3. The number of hydrogen-bond donors (Lipinski definition) is 0. The summed E-state index contributed by atoms with van der Waals surface area (Å²) in [7, 11) is 1.49. The zero-order valence-electron chi connectivity index (χ0n) is 15.2. The maximum Gasteiger partial charge on any atom is 0.272 e. The summed E-state index contributed by atoms with van der Waals surface area (Å²) in [4.78, 5) is 26.6. The summed E-state index contributed by atoms with van der Waals surface area (Å²) in [5, 5.41) is 10.7. The van der Waals surface area contributed by atoms with E-state index in [0.717, 1.165) is 17.4 Å². The van der Waals surface area contributed by atoms with E-state index in [1.54, 1.807) is 0 Å². The van der Waals surface area contributed by atoms with Crippen molar-refractivity contribution in [3.8, 4) is 0 Å². The number of hydrogen-bond acceptors (Lipinski definition) is 5. The summed E-state index contributed by atoms with van der Waals surface area (Å²) >= 11 is 0.989. The highest BCUT2D eigenvalue weighted by molar-refractivity contribution is 7.16. The highest BCUT2D eigenvalue weighted by Gasteiger charge is 2.13. The number of halogens is 2. The molecule has 0 aliphatic heterocycles. The Bertz CT molecular complexity index is 1170. The Balaban J connectivity index is 1.94. The SMILES string of the molecule is COCCn1c(=NC(=O)/C=C/c2ccc([N+](=O)[O-])cc2)sc2cc(F)cc(F)c21. The van der Waals surface area contributed by atoms with Crippen LogP contribution in [0.4, 0.5) is 14.5 Å². The van der Waals surface area contributed by atoms with Crippen molar-refractivity contribution in [2.45, 2.75) is 6.54 Å². The van der Waals surface area contributed by atoms with E-state index in [4.69, 9.17) is 4.74 Å². The van der Waals surface area contributed by atoms with Gasteiger partial charge in [0.2, 0.25) is 0 Å². The molecule has 0 unspecified atom stereocenters. The molecular weight excluding hydrogens is 404 g/mol. The van der Waals surface area contributed by atoms with Crippen molar-refractivity contribution in [2.24, 2.45) is 4.99 Å². The predicted molar refractivity (Wildman–Crippen MR) is 104 cm³/mol. The Hall–Kier alpha value is -3.24. The molecule has 0 saturated heterocycles. The van der Waals surface area contributed by atoms with Crippen molar-refractivity contribution in [3.63, 3.8) is 0 Å². The van der Waals surface area contributed by atoms with Gasteiger partial charge in [0.1, 0.15) is 5.82 Å². The molecule has 0 atom stereocenters. The van der Waals surface area contributed by atoms with Crippen LogP contribution in [-0.2, 0) is 16.1 Å². The van der Waals surface area contributed by atoms with E-state index in [2.05, 4.69) is 4.99 Å². The van der Waals surface area contributed by atoms with Crippen molar-refractivity contribution in [1.82, 2.24) is 4.57 Å². The second-order valence-corrected chi connectivity index (χ2v) is 6.90. The second-order valence-electron chi connectivity index (χ2n) is 5.90. The molecule has 3 aromatic rings. The lowest BCUT2D eigenvalue weighted by molar-refractivity contribution is -0.384. The predicted octanol–water partition coefficient (Wildman–Crippen LogP) is 3.68. The molecule has 10 heteroatoms. The van der Waals surface area contributed by atoms with Gasteiger partial charge in [-0.15, -0.1) is 0 Å². The van der Waals surface area contributed by atoms with Crippen LogP contribution in [0.1, 0.15) is 5.56 Å². The first-order valence-corrected chi connectivity index (χ1v) is 9.19. The van der Waals surface area contributed by atoms with Gasteiger partial charge in [-0.05, 0) is 29.8 Å². The minimum Gasteiger partial charge on any atom is -0.383 e. The van der Waals surface area contributed by atoms with E-state index >= 15 is 0 Å². The standard InChI is InChI=1S/C19H15F2N3O4S/c1-28-9-8-23-18-15(21)10-13(20)11-16(18)29-19(23)22-17(25)7-4-12-2-5-14(6-3-12)24(26)27/h2-7,10-11H,8-9H2,1H3/b7-4+,22-19?. The molecule has 0 N–H and O–H groups in total. The Morgan fingerprint density at radius 3 is 2.69 bits per heavy atom. The normalized spacial score (nSPS) is 12.2.